The summed E-state index contributed by atoms with van der Waals surface area (Å²) in [4.78, 5) is 23.9. The van der Waals surface area contributed by atoms with Gasteiger partial charge < -0.3 is 14.2 Å². The van der Waals surface area contributed by atoms with Crippen molar-refractivity contribution in [3.8, 4) is 0 Å². The number of esters is 2. The molecule has 19 heavy (non-hydrogen) atoms. The molecule has 0 aliphatic heterocycles. The van der Waals surface area contributed by atoms with E-state index in [0.29, 0.717) is 13.2 Å². The summed E-state index contributed by atoms with van der Waals surface area (Å²) in [5.41, 5.74) is -1.68. The molecule has 0 spiro atoms. The van der Waals surface area contributed by atoms with Crippen molar-refractivity contribution >= 4 is 11.9 Å². The number of carbonyl (C=O) groups is 2. The molecule has 0 heterocycles. The molecule has 5 nitrogen and oxygen atoms in total. The van der Waals surface area contributed by atoms with Crippen molar-refractivity contribution < 1.29 is 23.8 Å². The lowest BCUT2D eigenvalue weighted by atomic mass is 9.93. The first-order valence-electron chi connectivity index (χ1n) is 6.59. The SMILES string of the molecule is CCOCC(C)(C)C(=O)OC(=O)C(C)(C)COCC. The highest BCUT2D eigenvalue weighted by Crippen LogP contribution is 2.23. The van der Waals surface area contributed by atoms with Crippen LogP contribution in [0.3, 0.4) is 0 Å². The molecule has 0 fully saturated rings. The van der Waals surface area contributed by atoms with Gasteiger partial charge in [0, 0.05) is 13.2 Å². The first kappa shape index (κ1) is 18.1. The van der Waals surface area contributed by atoms with E-state index in [4.69, 9.17) is 14.2 Å². The fourth-order valence-electron chi connectivity index (χ4n) is 1.19. The van der Waals surface area contributed by atoms with Gasteiger partial charge in [-0.3, -0.25) is 9.59 Å². The summed E-state index contributed by atoms with van der Waals surface area (Å²) in [7, 11) is 0. The molecule has 0 amide bonds. The van der Waals surface area contributed by atoms with Gasteiger partial charge in [0.15, 0.2) is 0 Å². The van der Waals surface area contributed by atoms with Crippen molar-refractivity contribution in [3.05, 3.63) is 0 Å². The Bertz CT molecular complexity index is 277. The van der Waals surface area contributed by atoms with Crippen LogP contribution < -0.4 is 0 Å². The Morgan fingerprint density at radius 1 is 0.789 bits per heavy atom. The second kappa shape index (κ2) is 7.60. The van der Waals surface area contributed by atoms with E-state index in [1.54, 1.807) is 27.7 Å². The molecule has 0 aliphatic rings. The second-order valence-electron chi connectivity index (χ2n) is 5.72. The molecule has 0 N–H and O–H groups in total. The highest BCUT2D eigenvalue weighted by molar-refractivity contribution is 5.91. The standard InChI is InChI=1S/C14H26O5/c1-7-17-9-13(3,4)11(15)19-12(16)14(5,6)10-18-8-2/h7-10H2,1-6H3. The van der Waals surface area contributed by atoms with Crippen LogP contribution in [0.4, 0.5) is 0 Å². The normalized spacial score (nSPS) is 12.3. The van der Waals surface area contributed by atoms with Crippen LogP contribution in [-0.2, 0) is 23.8 Å². The zero-order valence-electron chi connectivity index (χ0n) is 12.9. The fraction of sp³-hybridized carbons (Fsp3) is 0.857. The van der Waals surface area contributed by atoms with Gasteiger partial charge in [0.05, 0.1) is 24.0 Å². The Balaban J connectivity index is 4.50. The monoisotopic (exact) mass is 274 g/mol. The second-order valence-corrected chi connectivity index (χ2v) is 5.72. The third kappa shape index (κ3) is 6.16. The maximum Gasteiger partial charge on any atom is 0.321 e. The van der Waals surface area contributed by atoms with Crippen molar-refractivity contribution in [2.45, 2.75) is 41.5 Å². The summed E-state index contributed by atoms with van der Waals surface area (Å²) in [5.74, 6) is -1.15. The molecule has 112 valence electrons. The van der Waals surface area contributed by atoms with Gasteiger partial charge in [-0.15, -0.1) is 0 Å². The van der Waals surface area contributed by atoms with Gasteiger partial charge in [-0.05, 0) is 41.5 Å². The molecule has 0 saturated carbocycles. The van der Waals surface area contributed by atoms with Gasteiger partial charge >= 0.3 is 11.9 Å². The summed E-state index contributed by atoms with van der Waals surface area (Å²) in [6.07, 6.45) is 0. The topological polar surface area (TPSA) is 61.8 Å². The van der Waals surface area contributed by atoms with E-state index in [9.17, 15) is 9.59 Å². The lowest BCUT2D eigenvalue weighted by Crippen LogP contribution is -2.39. The predicted octanol–water partition coefficient (Wildman–Crippen LogP) is 2.18. The summed E-state index contributed by atoms with van der Waals surface area (Å²) >= 11 is 0. The van der Waals surface area contributed by atoms with Gasteiger partial charge in [-0.1, -0.05) is 0 Å². The molecule has 0 radical (unpaired) electrons. The zero-order chi connectivity index (χ0) is 15.1. The van der Waals surface area contributed by atoms with E-state index < -0.39 is 22.8 Å². The molecular formula is C14H26O5. The van der Waals surface area contributed by atoms with E-state index in [1.807, 2.05) is 13.8 Å². The number of hydrogen-bond acceptors (Lipinski definition) is 5. The van der Waals surface area contributed by atoms with Crippen molar-refractivity contribution in [1.82, 2.24) is 0 Å². The first-order chi connectivity index (χ1) is 8.67. The molecule has 0 rings (SSSR count). The van der Waals surface area contributed by atoms with E-state index in [2.05, 4.69) is 0 Å². The lowest BCUT2D eigenvalue weighted by molar-refractivity contribution is -0.175. The molecule has 0 aromatic rings. The van der Waals surface area contributed by atoms with Gasteiger partial charge in [0.2, 0.25) is 0 Å². The highest BCUT2D eigenvalue weighted by Gasteiger charge is 2.37. The Hall–Kier alpha value is -0.940. The van der Waals surface area contributed by atoms with Crippen LogP contribution in [-0.4, -0.2) is 38.4 Å². The molecule has 0 unspecified atom stereocenters. The smallest absolute Gasteiger partial charge is 0.321 e. The van der Waals surface area contributed by atoms with Crippen molar-refractivity contribution in [2.24, 2.45) is 10.8 Å². The number of hydrogen-bond donors (Lipinski definition) is 0. The molecule has 0 bridgehead atoms. The minimum Gasteiger partial charge on any atom is -0.392 e. The maximum atomic E-state index is 11.9. The van der Waals surface area contributed by atoms with E-state index >= 15 is 0 Å². The Morgan fingerprint density at radius 2 is 1.11 bits per heavy atom. The van der Waals surface area contributed by atoms with Crippen molar-refractivity contribution in [3.63, 3.8) is 0 Å². The average molecular weight is 274 g/mol. The van der Waals surface area contributed by atoms with Crippen LogP contribution in [0.15, 0.2) is 0 Å². The Labute approximate surface area is 115 Å². The molecule has 0 aromatic carbocycles. The van der Waals surface area contributed by atoms with Crippen LogP contribution in [0, 0.1) is 10.8 Å². The van der Waals surface area contributed by atoms with Crippen LogP contribution in [0.5, 0.6) is 0 Å². The number of rotatable bonds is 8. The van der Waals surface area contributed by atoms with Gasteiger partial charge in [0.25, 0.3) is 0 Å². The van der Waals surface area contributed by atoms with Crippen LogP contribution in [0.1, 0.15) is 41.5 Å². The molecule has 0 atom stereocenters. The van der Waals surface area contributed by atoms with E-state index in [0.717, 1.165) is 0 Å². The minimum atomic E-state index is -0.840. The number of ether oxygens (including phenoxy) is 3. The van der Waals surface area contributed by atoms with Gasteiger partial charge in [-0.25, -0.2) is 0 Å². The zero-order valence-corrected chi connectivity index (χ0v) is 12.9. The van der Waals surface area contributed by atoms with E-state index in [-0.39, 0.29) is 13.2 Å². The fourth-order valence-corrected chi connectivity index (χ4v) is 1.19. The van der Waals surface area contributed by atoms with Gasteiger partial charge in [-0.2, -0.15) is 0 Å². The van der Waals surface area contributed by atoms with Gasteiger partial charge in [0.1, 0.15) is 0 Å². The largest absolute Gasteiger partial charge is 0.392 e. The molecule has 5 heteroatoms. The quantitative estimate of drug-likeness (QED) is 0.501. The van der Waals surface area contributed by atoms with Crippen LogP contribution in [0.25, 0.3) is 0 Å². The third-order valence-corrected chi connectivity index (χ3v) is 2.62. The van der Waals surface area contributed by atoms with E-state index in [1.165, 1.54) is 0 Å². The number of carbonyl (C=O) groups excluding carboxylic acids is 2. The molecule has 0 saturated heterocycles. The Morgan fingerprint density at radius 3 is 1.37 bits per heavy atom. The summed E-state index contributed by atoms with van der Waals surface area (Å²) in [5, 5.41) is 0. The summed E-state index contributed by atoms with van der Waals surface area (Å²) < 4.78 is 15.4. The maximum absolute atomic E-state index is 11.9. The van der Waals surface area contributed by atoms with Crippen molar-refractivity contribution in [2.75, 3.05) is 26.4 Å². The lowest BCUT2D eigenvalue weighted by Gasteiger charge is -2.25. The summed E-state index contributed by atoms with van der Waals surface area (Å²) in [6.45, 7) is 11.9. The minimum absolute atomic E-state index is 0.224. The van der Waals surface area contributed by atoms with Crippen LogP contribution >= 0.6 is 0 Å². The van der Waals surface area contributed by atoms with Crippen molar-refractivity contribution in [1.29, 1.82) is 0 Å². The molecule has 0 aromatic heterocycles. The first-order valence-corrected chi connectivity index (χ1v) is 6.59. The average Bonchev–Trinajstić information content (AvgIpc) is 2.33. The summed E-state index contributed by atoms with van der Waals surface area (Å²) in [6, 6.07) is 0. The Kier molecular flexibility index (Phi) is 7.23. The highest BCUT2D eigenvalue weighted by atomic mass is 16.6. The van der Waals surface area contributed by atoms with Crippen LogP contribution in [0.2, 0.25) is 0 Å². The predicted molar refractivity (Wildman–Crippen MR) is 71.6 cm³/mol. The molecular weight excluding hydrogens is 248 g/mol. The third-order valence-electron chi connectivity index (χ3n) is 2.62. The molecule has 0 aliphatic carbocycles.